The van der Waals surface area contributed by atoms with Gasteiger partial charge in [-0.05, 0) is 19.3 Å². The van der Waals surface area contributed by atoms with Crippen LogP contribution in [0.3, 0.4) is 0 Å². The number of hydrogen-bond acceptors (Lipinski definition) is 2. The largest absolute Gasteiger partial charge is 0.310 e. The molecule has 17 heavy (non-hydrogen) atoms. The molecule has 0 saturated heterocycles. The second kappa shape index (κ2) is 6.80. The van der Waals surface area contributed by atoms with E-state index >= 15 is 0 Å². The molecule has 1 N–H and O–H groups in total. The number of hydrogen-bond donors (Lipinski definition) is 1. The van der Waals surface area contributed by atoms with Crippen molar-refractivity contribution in [1.82, 2.24) is 15.1 Å². The van der Waals surface area contributed by atoms with Gasteiger partial charge in [-0.25, -0.2) is 0 Å². The Morgan fingerprint density at radius 1 is 1.29 bits per heavy atom. The van der Waals surface area contributed by atoms with Crippen molar-refractivity contribution in [2.45, 2.75) is 59.5 Å². The summed E-state index contributed by atoms with van der Waals surface area (Å²) in [5, 5.41) is 8.10. The molecule has 0 bridgehead atoms. The molecule has 1 rings (SSSR count). The third-order valence-corrected chi connectivity index (χ3v) is 3.70. The van der Waals surface area contributed by atoms with E-state index in [2.05, 4.69) is 44.3 Å². The molecule has 1 aromatic heterocycles. The van der Waals surface area contributed by atoms with Gasteiger partial charge in [0.05, 0.1) is 5.69 Å². The SMILES string of the molecule is CCc1nn(C)cc1CNC(C)C(CC)CC. The lowest BCUT2D eigenvalue weighted by atomic mass is 9.95. The van der Waals surface area contributed by atoms with Crippen LogP contribution in [0.2, 0.25) is 0 Å². The number of rotatable bonds is 7. The predicted molar refractivity (Wildman–Crippen MR) is 73.0 cm³/mol. The van der Waals surface area contributed by atoms with Crippen molar-refractivity contribution in [3.05, 3.63) is 17.5 Å². The number of nitrogens with one attached hydrogen (secondary N) is 1. The first-order valence-electron chi connectivity index (χ1n) is 6.87. The van der Waals surface area contributed by atoms with Crippen LogP contribution in [-0.4, -0.2) is 15.8 Å². The van der Waals surface area contributed by atoms with Crippen molar-refractivity contribution < 1.29 is 0 Å². The highest BCUT2D eigenvalue weighted by Gasteiger charge is 2.14. The van der Waals surface area contributed by atoms with Gasteiger partial charge in [0.25, 0.3) is 0 Å². The zero-order valence-corrected chi connectivity index (χ0v) is 12.0. The maximum atomic E-state index is 4.47. The first-order valence-corrected chi connectivity index (χ1v) is 6.87. The van der Waals surface area contributed by atoms with Crippen molar-refractivity contribution in [3.63, 3.8) is 0 Å². The number of aromatic nitrogens is 2. The van der Waals surface area contributed by atoms with Crippen LogP contribution >= 0.6 is 0 Å². The highest BCUT2D eigenvalue weighted by Crippen LogP contribution is 2.14. The second-order valence-electron chi connectivity index (χ2n) is 4.87. The first-order chi connectivity index (χ1) is 8.12. The van der Waals surface area contributed by atoms with Crippen LogP contribution in [0.5, 0.6) is 0 Å². The van der Waals surface area contributed by atoms with E-state index in [1.54, 1.807) is 0 Å². The van der Waals surface area contributed by atoms with E-state index in [9.17, 15) is 0 Å². The minimum atomic E-state index is 0.579. The topological polar surface area (TPSA) is 29.9 Å². The van der Waals surface area contributed by atoms with Crippen LogP contribution in [0.4, 0.5) is 0 Å². The second-order valence-corrected chi connectivity index (χ2v) is 4.87. The maximum Gasteiger partial charge on any atom is 0.0666 e. The van der Waals surface area contributed by atoms with Gasteiger partial charge in [-0.3, -0.25) is 4.68 Å². The van der Waals surface area contributed by atoms with Gasteiger partial charge in [-0.1, -0.05) is 33.6 Å². The molecular formula is C14H27N3. The standard InChI is InChI=1S/C14H27N3/c1-6-12(7-2)11(4)15-9-13-10-17(5)16-14(13)8-3/h10-12,15H,6-9H2,1-5H3. The molecule has 0 radical (unpaired) electrons. The van der Waals surface area contributed by atoms with Crippen molar-refractivity contribution in [1.29, 1.82) is 0 Å². The van der Waals surface area contributed by atoms with Crippen LogP contribution in [0.1, 0.15) is 51.8 Å². The zero-order chi connectivity index (χ0) is 12.8. The minimum absolute atomic E-state index is 0.579. The summed E-state index contributed by atoms with van der Waals surface area (Å²) in [7, 11) is 1.99. The van der Waals surface area contributed by atoms with Gasteiger partial charge < -0.3 is 5.32 Å². The van der Waals surface area contributed by atoms with E-state index in [0.717, 1.165) is 18.9 Å². The van der Waals surface area contributed by atoms with Crippen molar-refractivity contribution in [2.75, 3.05) is 0 Å². The van der Waals surface area contributed by atoms with Crippen LogP contribution in [0.15, 0.2) is 6.20 Å². The normalized spacial score (nSPS) is 13.3. The van der Waals surface area contributed by atoms with Gasteiger partial charge in [0.2, 0.25) is 0 Å². The smallest absolute Gasteiger partial charge is 0.0666 e. The summed E-state index contributed by atoms with van der Waals surface area (Å²) >= 11 is 0. The van der Waals surface area contributed by atoms with E-state index < -0.39 is 0 Å². The molecule has 0 spiro atoms. The van der Waals surface area contributed by atoms with E-state index in [1.165, 1.54) is 24.1 Å². The Morgan fingerprint density at radius 3 is 2.47 bits per heavy atom. The third-order valence-electron chi connectivity index (χ3n) is 3.70. The Labute approximate surface area is 106 Å². The van der Waals surface area contributed by atoms with Gasteiger partial charge in [0, 0.05) is 31.4 Å². The van der Waals surface area contributed by atoms with Crippen LogP contribution in [0, 0.1) is 5.92 Å². The molecule has 3 nitrogen and oxygen atoms in total. The number of nitrogens with zero attached hydrogens (tertiary/aromatic N) is 2. The molecule has 98 valence electrons. The molecular weight excluding hydrogens is 210 g/mol. The molecule has 0 fully saturated rings. The monoisotopic (exact) mass is 237 g/mol. The Bertz CT molecular complexity index is 326. The molecule has 1 atom stereocenters. The maximum absolute atomic E-state index is 4.47. The highest BCUT2D eigenvalue weighted by atomic mass is 15.3. The third kappa shape index (κ3) is 3.84. The average Bonchev–Trinajstić information content (AvgIpc) is 2.68. The molecule has 0 aliphatic carbocycles. The van der Waals surface area contributed by atoms with Crippen LogP contribution in [-0.2, 0) is 20.0 Å². The summed E-state index contributed by atoms with van der Waals surface area (Å²) in [5.41, 5.74) is 2.56. The zero-order valence-electron chi connectivity index (χ0n) is 12.0. The van der Waals surface area contributed by atoms with Gasteiger partial charge in [0.15, 0.2) is 0 Å². The van der Waals surface area contributed by atoms with Gasteiger partial charge in [0.1, 0.15) is 0 Å². The number of aryl methyl sites for hydroxylation is 2. The lowest BCUT2D eigenvalue weighted by Gasteiger charge is -2.22. The molecule has 0 saturated carbocycles. The Balaban J connectivity index is 2.54. The summed E-state index contributed by atoms with van der Waals surface area (Å²) in [5.74, 6) is 0.775. The molecule has 0 aliphatic heterocycles. The summed E-state index contributed by atoms with van der Waals surface area (Å²) in [4.78, 5) is 0. The summed E-state index contributed by atoms with van der Waals surface area (Å²) in [6.45, 7) is 9.94. The molecule has 1 unspecified atom stereocenters. The fourth-order valence-corrected chi connectivity index (χ4v) is 2.46. The molecule has 3 heteroatoms. The van der Waals surface area contributed by atoms with E-state index in [-0.39, 0.29) is 0 Å². The van der Waals surface area contributed by atoms with E-state index in [0.29, 0.717) is 6.04 Å². The van der Waals surface area contributed by atoms with Gasteiger partial charge >= 0.3 is 0 Å². The molecule has 0 aliphatic rings. The Hall–Kier alpha value is -0.830. The van der Waals surface area contributed by atoms with Crippen molar-refractivity contribution in [3.8, 4) is 0 Å². The van der Waals surface area contributed by atoms with Crippen molar-refractivity contribution in [2.24, 2.45) is 13.0 Å². The minimum Gasteiger partial charge on any atom is -0.310 e. The lowest BCUT2D eigenvalue weighted by Crippen LogP contribution is -2.32. The van der Waals surface area contributed by atoms with Gasteiger partial charge in [-0.2, -0.15) is 5.10 Å². The van der Waals surface area contributed by atoms with Crippen LogP contribution < -0.4 is 5.32 Å². The van der Waals surface area contributed by atoms with Gasteiger partial charge in [-0.15, -0.1) is 0 Å². The molecule has 0 amide bonds. The Morgan fingerprint density at radius 2 is 1.94 bits per heavy atom. The average molecular weight is 237 g/mol. The van der Waals surface area contributed by atoms with Crippen LogP contribution in [0.25, 0.3) is 0 Å². The summed E-state index contributed by atoms with van der Waals surface area (Å²) in [6.07, 6.45) is 5.64. The molecule has 0 aromatic carbocycles. The molecule has 1 aromatic rings. The quantitative estimate of drug-likeness (QED) is 0.790. The first kappa shape index (κ1) is 14.2. The molecule has 1 heterocycles. The fraction of sp³-hybridized carbons (Fsp3) is 0.786. The lowest BCUT2D eigenvalue weighted by molar-refractivity contribution is 0.353. The highest BCUT2D eigenvalue weighted by molar-refractivity contribution is 5.16. The van der Waals surface area contributed by atoms with Crippen molar-refractivity contribution >= 4 is 0 Å². The van der Waals surface area contributed by atoms with E-state index in [1.807, 2.05) is 11.7 Å². The Kier molecular flexibility index (Phi) is 5.69. The fourth-order valence-electron chi connectivity index (χ4n) is 2.46. The van der Waals surface area contributed by atoms with E-state index in [4.69, 9.17) is 0 Å². The summed E-state index contributed by atoms with van der Waals surface area (Å²) < 4.78 is 1.91. The summed E-state index contributed by atoms with van der Waals surface area (Å²) in [6, 6.07) is 0.579. The predicted octanol–water partition coefficient (Wildman–Crippen LogP) is 2.90.